The minimum absolute atomic E-state index is 0.178. The molecule has 2 aromatic rings. The lowest BCUT2D eigenvalue weighted by molar-refractivity contribution is -0.192. The highest BCUT2D eigenvalue weighted by atomic mass is 19.4. The molecular weight excluding hydrogens is 366 g/mol. The number of aryl methyl sites for hydroxylation is 1. The number of carboxylic acids is 1. The molecule has 1 aromatic heterocycles. The number of carbonyl (C=O) groups is 1. The Balaban J connectivity index is 0.000000321. The lowest BCUT2D eigenvalue weighted by atomic mass is 10.1. The van der Waals surface area contributed by atoms with Gasteiger partial charge in [0, 0.05) is 37.4 Å². The zero-order valence-electron chi connectivity index (χ0n) is 14.6. The summed E-state index contributed by atoms with van der Waals surface area (Å²) in [7, 11) is 0. The molecule has 0 radical (unpaired) electrons. The zero-order chi connectivity index (χ0) is 20.0. The number of hydrogen-bond acceptors (Lipinski definition) is 4. The first kappa shape index (κ1) is 20.8. The lowest BCUT2D eigenvalue weighted by Crippen LogP contribution is -2.25. The van der Waals surface area contributed by atoms with Gasteiger partial charge in [0.1, 0.15) is 12.1 Å². The van der Waals surface area contributed by atoms with Gasteiger partial charge in [-0.1, -0.05) is 12.1 Å². The number of carboxylic acid groups (broad SMARTS) is 1. The number of hydrogen-bond donors (Lipinski definition) is 1. The van der Waals surface area contributed by atoms with Crippen molar-refractivity contribution in [1.82, 2.24) is 14.9 Å². The third-order valence-corrected chi connectivity index (χ3v) is 4.15. The van der Waals surface area contributed by atoms with Crippen LogP contribution in [0.25, 0.3) is 0 Å². The van der Waals surface area contributed by atoms with E-state index in [9.17, 15) is 17.6 Å². The summed E-state index contributed by atoms with van der Waals surface area (Å²) in [5.74, 6) is -2.93. The summed E-state index contributed by atoms with van der Waals surface area (Å²) < 4.78 is 44.7. The predicted molar refractivity (Wildman–Crippen MR) is 89.5 cm³/mol. The molecule has 9 heteroatoms. The molecule has 146 valence electrons. The topological polar surface area (TPSA) is 66.3 Å². The third-order valence-electron chi connectivity index (χ3n) is 4.15. The second kappa shape index (κ2) is 8.90. The fourth-order valence-corrected chi connectivity index (χ4v) is 2.74. The number of rotatable bonds is 2. The van der Waals surface area contributed by atoms with Crippen LogP contribution >= 0.6 is 0 Å². The molecule has 0 bridgehead atoms. The summed E-state index contributed by atoms with van der Waals surface area (Å²) in [5, 5.41) is 7.12. The maximum Gasteiger partial charge on any atom is 0.490 e. The van der Waals surface area contributed by atoms with E-state index in [0.717, 1.165) is 43.7 Å². The van der Waals surface area contributed by atoms with Crippen molar-refractivity contribution in [2.75, 3.05) is 13.1 Å². The van der Waals surface area contributed by atoms with Crippen LogP contribution in [0.5, 0.6) is 0 Å². The number of fused-ring (bicyclic) bond motifs is 1. The van der Waals surface area contributed by atoms with Crippen molar-refractivity contribution in [2.24, 2.45) is 0 Å². The van der Waals surface area contributed by atoms with Gasteiger partial charge in [0.2, 0.25) is 0 Å². The normalized spacial score (nSPS) is 14.6. The van der Waals surface area contributed by atoms with Crippen LogP contribution in [-0.4, -0.2) is 45.2 Å². The van der Waals surface area contributed by atoms with Gasteiger partial charge >= 0.3 is 12.1 Å². The molecule has 0 amide bonds. The van der Waals surface area contributed by atoms with Crippen LogP contribution in [0.15, 0.2) is 30.6 Å². The van der Waals surface area contributed by atoms with Crippen molar-refractivity contribution in [3.8, 4) is 0 Å². The highest BCUT2D eigenvalue weighted by Gasteiger charge is 2.38. The quantitative estimate of drug-likeness (QED) is 0.805. The summed E-state index contributed by atoms with van der Waals surface area (Å²) in [6.45, 7) is 4.90. The van der Waals surface area contributed by atoms with Crippen molar-refractivity contribution < 1.29 is 27.5 Å². The zero-order valence-corrected chi connectivity index (χ0v) is 14.6. The Hall–Kier alpha value is -2.55. The highest BCUT2D eigenvalue weighted by Crippen LogP contribution is 2.17. The lowest BCUT2D eigenvalue weighted by Gasteiger charge is -2.19. The van der Waals surface area contributed by atoms with Gasteiger partial charge in [-0.3, -0.25) is 4.90 Å². The van der Waals surface area contributed by atoms with Crippen LogP contribution in [-0.2, 0) is 24.2 Å². The summed E-state index contributed by atoms with van der Waals surface area (Å²) in [6, 6.07) is 6.77. The number of halogens is 4. The first-order chi connectivity index (χ1) is 12.7. The van der Waals surface area contributed by atoms with Crippen molar-refractivity contribution >= 4 is 5.97 Å². The maximum atomic E-state index is 12.9. The van der Waals surface area contributed by atoms with Gasteiger partial charge in [0.05, 0.1) is 0 Å². The molecule has 27 heavy (non-hydrogen) atoms. The average molecular weight is 385 g/mol. The molecule has 0 aliphatic carbocycles. The number of aliphatic carboxylic acids is 1. The van der Waals surface area contributed by atoms with Gasteiger partial charge in [0.15, 0.2) is 0 Å². The maximum absolute atomic E-state index is 12.9. The van der Waals surface area contributed by atoms with E-state index in [-0.39, 0.29) is 5.82 Å². The molecule has 1 aromatic carbocycles. The van der Waals surface area contributed by atoms with E-state index in [1.165, 1.54) is 23.4 Å². The molecule has 0 atom stereocenters. The Morgan fingerprint density at radius 2 is 1.74 bits per heavy atom. The van der Waals surface area contributed by atoms with Crippen molar-refractivity contribution in [2.45, 2.75) is 32.5 Å². The average Bonchev–Trinajstić information content (AvgIpc) is 2.80. The van der Waals surface area contributed by atoms with Crippen LogP contribution in [0, 0.1) is 12.7 Å². The van der Waals surface area contributed by atoms with Crippen LogP contribution in [0.3, 0.4) is 0 Å². The molecule has 0 saturated heterocycles. The minimum Gasteiger partial charge on any atom is -0.475 e. The molecule has 0 saturated carbocycles. The fourth-order valence-electron chi connectivity index (χ4n) is 2.74. The standard InChI is InChI=1S/C16H18FN3.C2HF3O2/c1-12-15-6-8-20(9-7-16(15)19-11-18-12)10-13-2-4-14(17)5-3-13;3-2(4,5)1(6)7/h2-5,11H,6-10H2,1H3;(H,6,7). The number of benzene rings is 1. The van der Waals surface area contributed by atoms with Crippen LogP contribution in [0.4, 0.5) is 17.6 Å². The van der Waals surface area contributed by atoms with Gasteiger partial charge < -0.3 is 5.11 Å². The summed E-state index contributed by atoms with van der Waals surface area (Å²) in [6.07, 6.45) is -1.48. The molecular formula is C18H19F4N3O2. The first-order valence-electron chi connectivity index (χ1n) is 8.23. The second-order valence-corrected chi connectivity index (χ2v) is 6.09. The van der Waals surface area contributed by atoms with Crippen molar-refractivity contribution in [1.29, 1.82) is 0 Å². The van der Waals surface area contributed by atoms with Gasteiger partial charge in [-0.25, -0.2) is 19.2 Å². The van der Waals surface area contributed by atoms with E-state index in [1.54, 1.807) is 6.33 Å². The van der Waals surface area contributed by atoms with E-state index >= 15 is 0 Å². The fraction of sp³-hybridized carbons (Fsp3) is 0.389. The summed E-state index contributed by atoms with van der Waals surface area (Å²) >= 11 is 0. The smallest absolute Gasteiger partial charge is 0.475 e. The SMILES string of the molecule is Cc1ncnc2c1CCN(Cc1ccc(F)cc1)CC2.O=C(O)C(F)(F)F. The van der Waals surface area contributed by atoms with Gasteiger partial charge in [-0.2, -0.15) is 13.2 Å². The van der Waals surface area contributed by atoms with E-state index in [4.69, 9.17) is 9.90 Å². The molecule has 1 aliphatic rings. The van der Waals surface area contributed by atoms with Crippen LogP contribution < -0.4 is 0 Å². The van der Waals surface area contributed by atoms with Crippen molar-refractivity contribution in [3.63, 3.8) is 0 Å². The summed E-state index contributed by atoms with van der Waals surface area (Å²) in [5.41, 5.74) is 4.73. The van der Waals surface area contributed by atoms with Crippen molar-refractivity contribution in [3.05, 3.63) is 58.9 Å². The Bertz CT molecular complexity index is 779. The molecule has 5 nitrogen and oxygen atoms in total. The van der Waals surface area contributed by atoms with Gasteiger partial charge in [0.25, 0.3) is 0 Å². The van der Waals surface area contributed by atoms with Crippen LogP contribution in [0.2, 0.25) is 0 Å². The molecule has 2 heterocycles. The first-order valence-corrected chi connectivity index (χ1v) is 8.23. The number of nitrogens with zero attached hydrogens (tertiary/aromatic N) is 3. The molecule has 1 N–H and O–H groups in total. The Morgan fingerprint density at radius 1 is 1.15 bits per heavy atom. The molecule has 3 rings (SSSR count). The van der Waals surface area contributed by atoms with E-state index < -0.39 is 12.1 Å². The minimum atomic E-state index is -5.08. The highest BCUT2D eigenvalue weighted by molar-refractivity contribution is 5.73. The Morgan fingerprint density at radius 3 is 2.33 bits per heavy atom. The molecule has 0 fully saturated rings. The van der Waals surface area contributed by atoms with E-state index in [1.807, 2.05) is 12.1 Å². The monoisotopic (exact) mass is 385 g/mol. The predicted octanol–water partition coefficient (Wildman–Crippen LogP) is 3.16. The van der Waals surface area contributed by atoms with Gasteiger partial charge in [-0.15, -0.1) is 0 Å². The van der Waals surface area contributed by atoms with E-state index in [2.05, 4.69) is 21.8 Å². The third kappa shape index (κ3) is 6.28. The van der Waals surface area contributed by atoms with E-state index in [0.29, 0.717) is 0 Å². The largest absolute Gasteiger partial charge is 0.490 e. The van der Waals surface area contributed by atoms with Crippen LogP contribution in [0.1, 0.15) is 22.5 Å². The second-order valence-electron chi connectivity index (χ2n) is 6.09. The Labute approximate surface area is 153 Å². The molecule has 0 spiro atoms. The number of aromatic nitrogens is 2. The number of alkyl halides is 3. The molecule has 1 aliphatic heterocycles. The van der Waals surface area contributed by atoms with Gasteiger partial charge in [-0.05, 0) is 36.6 Å². The molecule has 0 unspecified atom stereocenters. The Kier molecular flexibility index (Phi) is 6.84. The summed E-state index contributed by atoms with van der Waals surface area (Å²) in [4.78, 5) is 20.0.